The van der Waals surface area contributed by atoms with Gasteiger partial charge in [-0.2, -0.15) is 15.0 Å². The van der Waals surface area contributed by atoms with E-state index in [1.165, 1.54) is 12.1 Å². The molecule has 0 aliphatic carbocycles. The van der Waals surface area contributed by atoms with Gasteiger partial charge in [-0.25, -0.2) is 4.79 Å². The lowest BCUT2D eigenvalue weighted by atomic mass is 10.2. The Labute approximate surface area is 151 Å². The van der Waals surface area contributed by atoms with Crippen LogP contribution in [-0.4, -0.2) is 52.2 Å². The van der Waals surface area contributed by atoms with Crippen LogP contribution >= 0.6 is 0 Å². The molecule has 0 amide bonds. The maximum atomic E-state index is 11.2. The molecule has 136 valence electrons. The van der Waals surface area contributed by atoms with E-state index in [0.29, 0.717) is 17.6 Å². The molecule has 4 rings (SSSR count). The van der Waals surface area contributed by atoms with Gasteiger partial charge in [-0.05, 0) is 43.9 Å². The standard InChI is InChI=1S/C18H21N5O3/c24-15(25)13-6-5-7-14(12-13)26-18-20-16(22-8-1-2-9-22)19-17(21-18)23-10-3-4-11-23/h5-7,12H,1-4,8-11H2,(H,24,25). The lowest BCUT2D eigenvalue weighted by Crippen LogP contribution is -2.25. The van der Waals surface area contributed by atoms with Gasteiger partial charge < -0.3 is 19.6 Å². The number of hydrogen-bond donors (Lipinski definition) is 1. The fourth-order valence-electron chi connectivity index (χ4n) is 3.30. The van der Waals surface area contributed by atoms with Crippen molar-refractivity contribution < 1.29 is 14.6 Å². The quantitative estimate of drug-likeness (QED) is 0.875. The topological polar surface area (TPSA) is 91.7 Å². The third-order valence-electron chi connectivity index (χ3n) is 4.66. The van der Waals surface area contributed by atoms with Crippen LogP contribution in [0.25, 0.3) is 0 Å². The summed E-state index contributed by atoms with van der Waals surface area (Å²) in [4.78, 5) is 29.0. The first-order valence-electron chi connectivity index (χ1n) is 8.96. The van der Waals surface area contributed by atoms with Crippen LogP contribution in [0, 0.1) is 0 Å². The Kier molecular flexibility index (Phi) is 4.55. The highest BCUT2D eigenvalue weighted by Crippen LogP contribution is 2.26. The van der Waals surface area contributed by atoms with Gasteiger partial charge in [0.25, 0.3) is 0 Å². The van der Waals surface area contributed by atoms with Gasteiger partial charge in [0, 0.05) is 26.2 Å². The predicted molar refractivity (Wildman–Crippen MR) is 96.2 cm³/mol. The van der Waals surface area contributed by atoms with Crippen molar-refractivity contribution in [3.63, 3.8) is 0 Å². The molecule has 0 atom stereocenters. The van der Waals surface area contributed by atoms with Crippen molar-refractivity contribution >= 4 is 17.9 Å². The van der Waals surface area contributed by atoms with Crippen LogP contribution < -0.4 is 14.5 Å². The van der Waals surface area contributed by atoms with E-state index in [1.54, 1.807) is 12.1 Å². The largest absolute Gasteiger partial charge is 0.478 e. The van der Waals surface area contributed by atoms with Gasteiger partial charge in [-0.1, -0.05) is 6.07 Å². The minimum Gasteiger partial charge on any atom is -0.478 e. The van der Waals surface area contributed by atoms with Crippen LogP contribution in [0.1, 0.15) is 36.0 Å². The number of carbonyl (C=O) groups is 1. The third kappa shape index (κ3) is 3.54. The molecule has 8 heteroatoms. The van der Waals surface area contributed by atoms with E-state index in [0.717, 1.165) is 51.9 Å². The first-order valence-corrected chi connectivity index (χ1v) is 8.96. The molecule has 1 N–H and O–H groups in total. The second-order valence-electron chi connectivity index (χ2n) is 6.54. The van der Waals surface area contributed by atoms with E-state index < -0.39 is 5.97 Å². The first-order chi connectivity index (χ1) is 12.7. The highest BCUT2D eigenvalue weighted by atomic mass is 16.5. The molecule has 1 aromatic heterocycles. The van der Waals surface area contributed by atoms with Crippen LogP contribution in [0.3, 0.4) is 0 Å². The van der Waals surface area contributed by atoms with Crippen molar-refractivity contribution in [3.05, 3.63) is 29.8 Å². The van der Waals surface area contributed by atoms with Gasteiger partial charge in [-0.15, -0.1) is 0 Å². The van der Waals surface area contributed by atoms with Gasteiger partial charge in [0.1, 0.15) is 5.75 Å². The fraction of sp³-hybridized carbons (Fsp3) is 0.444. The third-order valence-corrected chi connectivity index (χ3v) is 4.66. The smallest absolute Gasteiger partial charge is 0.335 e. The van der Waals surface area contributed by atoms with E-state index in [2.05, 4.69) is 24.8 Å². The molecule has 0 spiro atoms. The number of carboxylic acids is 1. The second kappa shape index (κ2) is 7.15. The molecule has 0 radical (unpaired) electrons. The summed E-state index contributed by atoms with van der Waals surface area (Å²) in [6, 6.07) is 6.53. The van der Waals surface area contributed by atoms with Gasteiger partial charge in [0.2, 0.25) is 11.9 Å². The number of nitrogens with zero attached hydrogens (tertiary/aromatic N) is 5. The second-order valence-corrected chi connectivity index (χ2v) is 6.54. The van der Waals surface area contributed by atoms with E-state index in [1.807, 2.05) is 0 Å². The first kappa shape index (κ1) is 16.6. The minimum atomic E-state index is -0.999. The van der Waals surface area contributed by atoms with Crippen LogP contribution in [0.4, 0.5) is 11.9 Å². The Balaban J connectivity index is 1.65. The molecule has 2 aliphatic heterocycles. The van der Waals surface area contributed by atoms with Gasteiger partial charge in [0.15, 0.2) is 0 Å². The molecule has 3 heterocycles. The van der Waals surface area contributed by atoms with Crippen molar-refractivity contribution in [1.29, 1.82) is 0 Å². The van der Waals surface area contributed by atoms with Crippen LogP contribution in [-0.2, 0) is 0 Å². The number of aromatic carboxylic acids is 1. The highest BCUT2D eigenvalue weighted by Gasteiger charge is 2.22. The summed E-state index contributed by atoms with van der Waals surface area (Å²) in [6.45, 7) is 3.71. The van der Waals surface area contributed by atoms with Crippen molar-refractivity contribution in [2.45, 2.75) is 25.7 Å². The summed E-state index contributed by atoms with van der Waals surface area (Å²) in [5.74, 6) is 0.657. The lowest BCUT2D eigenvalue weighted by Gasteiger charge is -2.20. The van der Waals surface area contributed by atoms with Gasteiger partial charge >= 0.3 is 12.0 Å². The zero-order valence-electron chi connectivity index (χ0n) is 14.5. The average Bonchev–Trinajstić information content (AvgIpc) is 3.35. The van der Waals surface area contributed by atoms with Crippen molar-refractivity contribution in [2.24, 2.45) is 0 Å². The molecule has 2 saturated heterocycles. The molecule has 0 unspecified atom stereocenters. The molecule has 1 aromatic carbocycles. The fourth-order valence-corrected chi connectivity index (χ4v) is 3.30. The number of ether oxygens (including phenoxy) is 1. The normalized spacial score (nSPS) is 16.9. The molecule has 26 heavy (non-hydrogen) atoms. The molecule has 2 fully saturated rings. The number of benzene rings is 1. The van der Waals surface area contributed by atoms with E-state index in [9.17, 15) is 4.79 Å². The maximum absolute atomic E-state index is 11.2. The zero-order chi connectivity index (χ0) is 17.9. The monoisotopic (exact) mass is 355 g/mol. The van der Waals surface area contributed by atoms with Gasteiger partial charge in [-0.3, -0.25) is 0 Å². The Bertz CT molecular complexity index is 767. The van der Waals surface area contributed by atoms with E-state index in [-0.39, 0.29) is 11.6 Å². The lowest BCUT2D eigenvalue weighted by molar-refractivity contribution is 0.0696. The molecule has 2 aliphatic rings. The SMILES string of the molecule is O=C(O)c1cccc(Oc2nc(N3CCCC3)nc(N3CCCC3)n2)c1. The summed E-state index contributed by atoms with van der Waals surface area (Å²) < 4.78 is 5.79. The van der Waals surface area contributed by atoms with Crippen LogP contribution in [0.15, 0.2) is 24.3 Å². The van der Waals surface area contributed by atoms with Gasteiger partial charge in [0.05, 0.1) is 5.56 Å². The number of hydrogen-bond acceptors (Lipinski definition) is 7. The number of carboxylic acid groups (broad SMARTS) is 1. The van der Waals surface area contributed by atoms with Crippen molar-refractivity contribution in [2.75, 3.05) is 36.0 Å². The minimum absolute atomic E-state index is 0.163. The number of aromatic nitrogens is 3. The summed E-state index contributed by atoms with van der Waals surface area (Å²) in [6.07, 6.45) is 4.51. The predicted octanol–water partition coefficient (Wildman–Crippen LogP) is 2.56. The molecule has 8 nitrogen and oxygen atoms in total. The zero-order valence-corrected chi connectivity index (χ0v) is 14.5. The summed E-state index contributed by atoms with van der Waals surface area (Å²) in [7, 11) is 0. The van der Waals surface area contributed by atoms with E-state index in [4.69, 9.17) is 9.84 Å². The molecular formula is C18H21N5O3. The summed E-state index contributed by atoms with van der Waals surface area (Å²) in [5.41, 5.74) is 0.163. The van der Waals surface area contributed by atoms with Crippen LogP contribution in [0.5, 0.6) is 11.8 Å². The molecular weight excluding hydrogens is 334 g/mol. The Hall–Kier alpha value is -2.90. The Morgan fingerprint density at radius 1 is 0.923 bits per heavy atom. The molecule has 0 saturated carbocycles. The highest BCUT2D eigenvalue weighted by molar-refractivity contribution is 5.88. The van der Waals surface area contributed by atoms with Crippen molar-refractivity contribution in [1.82, 2.24) is 15.0 Å². The summed E-state index contributed by atoms with van der Waals surface area (Å²) >= 11 is 0. The van der Waals surface area contributed by atoms with E-state index >= 15 is 0 Å². The maximum Gasteiger partial charge on any atom is 0.335 e. The Morgan fingerprint density at radius 3 is 2.04 bits per heavy atom. The van der Waals surface area contributed by atoms with Crippen molar-refractivity contribution in [3.8, 4) is 11.8 Å². The average molecular weight is 355 g/mol. The molecule has 2 aromatic rings. The van der Waals surface area contributed by atoms with Crippen LogP contribution in [0.2, 0.25) is 0 Å². The number of rotatable bonds is 5. The summed E-state index contributed by atoms with van der Waals surface area (Å²) in [5, 5.41) is 9.14. The molecule has 0 bridgehead atoms. The Morgan fingerprint density at radius 2 is 1.50 bits per heavy atom. The number of anilines is 2.